The van der Waals surface area contributed by atoms with Crippen molar-refractivity contribution < 1.29 is 9.59 Å². The zero-order valence-corrected chi connectivity index (χ0v) is 18.3. The molecule has 2 amide bonds. The van der Waals surface area contributed by atoms with Crippen molar-refractivity contribution in [1.29, 1.82) is 0 Å². The van der Waals surface area contributed by atoms with E-state index < -0.39 is 0 Å². The van der Waals surface area contributed by atoms with Gasteiger partial charge in [0, 0.05) is 29.9 Å². The summed E-state index contributed by atoms with van der Waals surface area (Å²) in [6.45, 7) is 1.78. The van der Waals surface area contributed by atoms with Gasteiger partial charge in [-0.05, 0) is 48.9 Å². The summed E-state index contributed by atoms with van der Waals surface area (Å²) in [6, 6.07) is 14.0. The number of fused-ring (bicyclic) bond motifs is 1. The zero-order chi connectivity index (χ0) is 22.1. The minimum atomic E-state index is -0.367. The maximum absolute atomic E-state index is 13.4. The van der Waals surface area contributed by atoms with Crippen molar-refractivity contribution in [2.75, 3.05) is 12.4 Å². The van der Waals surface area contributed by atoms with E-state index in [0.29, 0.717) is 38.2 Å². The number of aromatic nitrogens is 2. The maximum Gasteiger partial charge on any atom is 0.257 e. The van der Waals surface area contributed by atoms with E-state index >= 15 is 0 Å². The lowest BCUT2D eigenvalue weighted by Crippen LogP contribution is -2.22. The molecule has 0 saturated carbocycles. The number of rotatable bonds is 4. The van der Waals surface area contributed by atoms with Crippen molar-refractivity contribution in [3.05, 3.63) is 87.7 Å². The number of anilines is 1. The zero-order valence-electron chi connectivity index (χ0n) is 16.7. The SMILES string of the molecule is CNC(=O)c1cc(Cl)cc(C)c1NC(=O)c1cccc2ccn(-c3ncccc3Cl)c12. The molecule has 0 radical (unpaired) electrons. The van der Waals surface area contributed by atoms with Gasteiger partial charge in [0.15, 0.2) is 5.82 Å². The number of hydrogen-bond acceptors (Lipinski definition) is 3. The van der Waals surface area contributed by atoms with Gasteiger partial charge >= 0.3 is 0 Å². The molecular formula is C23H18Cl2N4O2. The molecule has 0 aliphatic carbocycles. The number of pyridine rings is 1. The molecule has 0 bridgehead atoms. The topological polar surface area (TPSA) is 76.0 Å². The van der Waals surface area contributed by atoms with Crippen molar-refractivity contribution in [2.45, 2.75) is 6.92 Å². The lowest BCUT2D eigenvalue weighted by Gasteiger charge is -2.15. The third-order valence-corrected chi connectivity index (χ3v) is 5.45. The van der Waals surface area contributed by atoms with Gasteiger partial charge in [0.25, 0.3) is 11.8 Å². The molecule has 0 saturated heterocycles. The molecule has 2 heterocycles. The number of aryl methyl sites for hydroxylation is 1. The molecule has 8 heteroatoms. The summed E-state index contributed by atoms with van der Waals surface area (Å²) in [5.74, 6) is -0.191. The highest BCUT2D eigenvalue weighted by atomic mass is 35.5. The van der Waals surface area contributed by atoms with Crippen LogP contribution in [-0.2, 0) is 0 Å². The fourth-order valence-electron chi connectivity index (χ4n) is 3.51. The largest absolute Gasteiger partial charge is 0.355 e. The first-order valence-corrected chi connectivity index (χ1v) is 10.2. The molecule has 31 heavy (non-hydrogen) atoms. The number of nitrogens with zero attached hydrogens (tertiary/aromatic N) is 2. The molecule has 0 aliphatic rings. The molecule has 0 aliphatic heterocycles. The summed E-state index contributed by atoms with van der Waals surface area (Å²) in [5, 5.41) is 7.19. The molecule has 0 unspecified atom stereocenters. The first-order valence-electron chi connectivity index (χ1n) is 9.45. The lowest BCUT2D eigenvalue weighted by molar-refractivity contribution is 0.0964. The fourth-order valence-corrected chi connectivity index (χ4v) is 4.00. The Bertz CT molecular complexity index is 1330. The fraction of sp³-hybridized carbons (Fsp3) is 0.0870. The predicted octanol–water partition coefficient (Wildman–Crippen LogP) is 5.25. The Kier molecular flexibility index (Phi) is 5.67. The van der Waals surface area contributed by atoms with Gasteiger partial charge in [-0.25, -0.2) is 4.98 Å². The molecule has 2 N–H and O–H groups in total. The van der Waals surface area contributed by atoms with Crippen LogP contribution in [0.5, 0.6) is 0 Å². The quantitative estimate of drug-likeness (QED) is 0.443. The van der Waals surface area contributed by atoms with E-state index in [0.717, 1.165) is 5.39 Å². The van der Waals surface area contributed by atoms with Crippen LogP contribution >= 0.6 is 23.2 Å². The second-order valence-electron chi connectivity index (χ2n) is 6.92. The molecule has 4 rings (SSSR count). The molecule has 0 fully saturated rings. The maximum atomic E-state index is 13.4. The number of carbonyl (C=O) groups excluding carboxylic acids is 2. The normalized spacial score (nSPS) is 10.8. The lowest BCUT2D eigenvalue weighted by atomic mass is 10.1. The molecule has 0 spiro atoms. The van der Waals surface area contributed by atoms with Gasteiger partial charge in [-0.3, -0.25) is 14.2 Å². The van der Waals surface area contributed by atoms with Gasteiger partial charge in [0.2, 0.25) is 0 Å². The number of halogens is 2. The smallest absolute Gasteiger partial charge is 0.257 e. The van der Waals surface area contributed by atoms with Gasteiger partial charge in [-0.1, -0.05) is 35.3 Å². The number of benzene rings is 2. The van der Waals surface area contributed by atoms with E-state index in [9.17, 15) is 9.59 Å². The minimum absolute atomic E-state index is 0.288. The highest BCUT2D eigenvalue weighted by Crippen LogP contribution is 2.29. The van der Waals surface area contributed by atoms with Crippen molar-refractivity contribution in [1.82, 2.24) is 14.9 Å². The molecule has 4 aromatic rings. The van der Waals surface area contributed by atoms with Crippen molar-refractivity contribution in [2.24, 2.45) is 0 Å². The van der Waals surface area contributed by atoms with Gasteiger partial charge in [0.05, 0.1) is 27.4 Å². The van der Waals surface area contributed by atoms with Crippen LogP contribution < -0.4 is 10.6 Å². The Morgan fingerprint density at radius 3 is 2.55 bits per heavy atom. The minimum Gasteiger partial charge on any atom is -0.355 e. The summed E-state index contributed by atoms with van der Waals surface area (Å²) in [4.78, 5) is 30.1. The summed E-state index contributed by atoms with van der Waals surface area (Å²) in [7, 11) is 1.52. The van der Waals surface area contributed by atoms with Crippen LogP contribution in [-0.4, -0.2) is 28.4 Å². The number of nitrogens with one attached hydrogen (secondary N) is 2. The van der Waals surface area contributed by atoms with Gasteiger partial charge < -0.3 is 10.6 Å². The van der Waals surface area contributed by atoms with Crippen LogP contribution in [0.1, 0.15) is 26.3 Å². The van der Waals surface area contributed by atoms with E-state index in [1.165, 1.54) is 13.1 Å². The van der Waals surface area contributed by atoms with E-state index in [1.54, 1.807) is 48.0 Å². The first-order chi connectivity index (χ1) is 14.9. The van der Waals surface area contributed by atoms with E-state index in [2.05, 4.69) is 15.6 Å². The number of para-hydroxylation sites is 1. The van der Waals surface area contributed by atoms with Crippen molar-refractivity contribution in [3.8, 4) is 5.82 Å². The van der Waals surface area contributed by atoms with Crippen LogP contribution in [0.15, 0.2) is 60.9 Å². The third kappa shape index (κ3) is 3.87. The predicted molar refractivity (Wildman–Crippen MR) is 124 cm³/mol. The second-order valence-corrected chi connectivity index (χ2v) is 7.76. The van der Waals surface area contributed by atoms with Crippen molar-refractivity contribution >= 4 is 51.6 Å². The van der Waals surface area contributed by atoms with Crippen LogP contribution in [0, 0.1) is 6.92 Å². The Morgan fingerprint density at radius 2 is 1.81 bits per heavy atom. The summed E-state index contributed by atoms with van der Waals surface area (Å²) < 4.78 is 1.78. The second kappa shape index (κ2) is 8.41. The monoisotopic (exact) mass is 452 g/mol. The summed E-state index contributed by atoms with van der Waals surface area (Å²) >= 11 is 12.5. The average Bonchev–Trinajstić information content (AvgIpc) is 3.19. The third-order valence-electron chi connectivity index (χ3n) is 4.93. The Morgan fingerprint density at radius 1 is 1.00 bits per heavy atom. The van der Waals surface area contributed by atoms with E-state index in [-0.39, 0.29) is 17.4 Å². The number of carbonyl (C=O) groups is 2. The molecule has 0 atom stereocenters. The Balaban J connectivity index is 1.83. The molecule has 6 nitrogen and oxygen atoms in total. The first kappa shape index (κ1) is 20.9. The van der Waals surface area contributed by atoms with Crippen LogP contribution in [0.4, 0.5) is 5.69 Å². The Labute approximate surface area is 188 Å². The van der Waals surface area contributed by atoms with Gasteiger partial charge in [0.1, 0.15) is 0 Å². The van der Waals surface area contributed by atoms with Crippen LogP contribution in [0.3, 0.4) is 0 Å². The van der Waals surface area contributed by atoms with E-state index in [4.69, 9.17) is 23.2 Å². The molecule has 156 valence electrons. The average molecular weight is 453 g/mol. The van der Waals surface area contributed by atoms with Crippen LogP contribution in [0.2, 0.25) is 10.0 Å². The highest BCUT2D eigenvalue weighted by molar-refractivity contribution is 6.32. The molecular weight excluding hydrogens is 435 g/mol. The van der Waals surface area contributed by atoms with Gasteiger partial charge in [-0.15, -0.1) is 0 Å². The standard InChI is InChI=1S/C23H18Cl2N4O2/c1-13-11-15(24)12-17(22(30)26-2)19(13)28-23(31)16-6-3-5-14-8-10-29(20(14)16)21-18(25)7-4-9-27-21/h3-12H,1-2H3,(H,26,30)(H,28,31). The number of hydrogen-bond donors (Lipinski definition) is 2. The van der Waals surface area contributed by atoms with Gasteiger partial charge in [-0.2, -0.15) is 0 Å². The summed E-state index contributed by atoms with van der Waals surface area (Å²) in [5.41, 5.74) is 2.45. The van der Waals surface area contributed by atoms with Crippen molar-refractivity contribution in [3.63, 3.8) is 0 Å². The Hall–Kier alpha value is -3.35. The summed E-state index contributed by atoms with van der Waals surface area (Å²) in [6.07, 6.45) is 3.46. The van der Waals surface area contributed by atoms with E-state index in [1.807, 2.05) is 18.3 Å². The molecule has 2 aromatic carbocycles. The number of amides is 2. The van der Waals surface area contributed by atoms with Crippen LogP contribution in [0.25, 0.3) is 16.7 Å². The highest BCUT2D eigenvalue weighted by Gasteiger charge is 2.20. The molecule has 2 aromatic heterocycles.